The molecule has 1 saturated carbocycles. The Kier molecular flexibility index (Phi) is 6.94. The largest absolute Gasteiger partial charge is 0.497 e. The van der Waals surface area contributed by atoms with E-state index in [2.05, 4.69) is 15.4 Å². The van der Waals surface area contributed by atoms with E-state index in [-0.39, 0.29) is 17.0 Å². The number of piperazine rings is 1. The molecule has 1 aromatic heterocycles. The third-order valence-electron chi connectivity index (χ3n) is 7.52. The molecule has 0 unspecified atom stereocenters. The summed E-state index contributed by atoms with van der Waals surface area (Å²) in [4.78, 5) is 30.6. The summed E-state index contributed by atoms with van der Waals surface area (Å²) in [5.74, 6) is -0.278. The van der Waals surface area contributed by atoms with Gasteiger partial charge in [-0.1, -0.05) is 30.3 Å². The van der Waals surface area contributed by atoms with Gasteiger partial charge in [-0.3, -0.25) is 9.59 Å². The van der Waals surface area contributed by atoms with Gasteiger partial charge in [0, 0.05) is 49.5 Å². The van der Waals surface area contributed by atoms with Crippen LogP contribution >= 0.6 is 0 Å². The molecule has 1 saturated heterocycles. The van der Waals surface area contributed by atoms with Gasteiger partial charge in [-0.05, 0) is 54.8 Å². The lowest BCUT2D eigenvalue weighted by Crippen LogP contribution is -2.46. The highest BCUT2D eigenvalue weighted by Gasteiger charge is 2.28. The molecule has 2 aliphatic rings. The van der Waals surface area contributed by atoms with Crippen molar-refractivity contribution in [2.45, 2.75) is 18.9 Å². The maximum absolute atomic E-state index is 15.5. The molecule has 2 heterocycles. The van der Waals surface area contributed by atoms with Gasteiger partial charge >= 0.3 is 0 Å². The minimum absolute atomic E-state index is 0.0510. The number of benzene rings is 3. The second-order valence-electron chi connectivity index (χ2n) is 10.1. The fraction of sp³-hybridized carbons (Fsp3) is 0.258. The van der Waals surface area contributed by atoms with Crippen molar-refractivity contribution in [2.75, 3.05) is 43.1 Å². The lowest BCUT2D eigenvalue weighted by atomic mass is 10.1. The molecule has 6 rings (SSSR count). The summed E-state index contributed by atoms with van der Waals surface area (Å²) in [5, 5.41) is 4.19. The molecule has 204 valence electrons. The van der Waals surface area contributed by atoms with Crippen molar-refractivity contribution in [3.8, 4) is 5.75 Å². The number of fused-ring (bicyclic) bond motifs is 1. The van der Waals surface area contributed by atoms with Crippen molar-refractivity contribution < 1.29 is 13.9 Å². The number of amides is 1. The molecule has 40 heavy (non-hydrogen) atoms. The minimum Gasteiger partial charge on any atom is -0.497 e. The molecule has 0 bridgehead atoms. The fourth-order valence-electron chi connectivity index (χ4n) is 5.18. The van der Waals surface area contributed by atoms with Crippen LogP contribution in [0, 0.1) is 5.82 Å². The quantitative estimate of drug-likeness (QED) is 0.275. The molecule has 1 aliphatic heterocycles. The van der Waals surface area contributed by atoms with Gasteiger partial charge in [0.1, 0.15) is 17.1 Å². The molecule has 0 atom stereocenters. The Bertz CT molecular complexity index is 1620. The molecule has 0 radical (unpaired) electrons. The molecule has 2 fully saturated rings. The van der Waals surface area contributed by atoms with E-state index < -0.39 is 17.2 Å². The van der Waals surface area contributed by atoms with Gasteiger partial charge in [0.05, 0.1) is 24.5 Å². The predicted molar refractivity (Wildman–Crippen MR) is 155 cm³/mol. The Balaban J connectivity index is 1.25. The third kappa shape index (κ3) is 5.14. The summed E-state index contributed by atoms with van der Waals surface area (Å²) in [6, 6.07) is 20.5. The fourth-order valence-corrected chi connectivity index (χ4v) is 5.18. The Labute approximate surface area is 231 Å². The number of hydrazone groups is 1. The number of carbonyl (C=O) groups is 1. The van der Waals surface area contributed by atoms with Gasteiger partial charge in [-0.25, -0.2) is 9.82 Å². The summed E-state index contributed by atoms with van der Waals surface area (Å²) in [5.41, 5.74) is 4.92. The number of hydrogen-bond acceptors (Lipinski definition) is 6. The monoisotopic (exact) mass is 539 g/mol. The van der Waals surface area contributed by atoms with Crippen molar-refractivity contribution in [1.29, 1.82) is 0 Å². The molecule has 0 spiro atoms. The normalized spacial score (nSPS) is 15.6. The van der Waals surface area contributed by atoms with Crippen LogP contribution in [-0.4, -0.2) is 50.0 Å². The van der Waals surface area contributed by atoms with Crippen LogP contribution < -0.4 is 25.4 Å². The molecule has 3 aromatic carbocycles. The second kappa shape index (κ2) is 10.8. The van der Waals surface area contributed by atoms with Crippen LogP contribution in [0.3, 0.4) is 0 Å². The van der Waals surface area contributed by atoms with Gasteiger partial charge in [0.2, 0.25) is 5.43 Å². The summed E-state index contributed by atoms with van der Waals surface area (Å²) in [7, 11) is 1.64. The van der Waals surface area contributed by atoms with Crippen molar-refractivity contribution in [3.63, 3.8) is 0 Å². The third-order valence-corrected chi connectivity index (χ3v) is 7.52. The van der Waals surface area contributed by atoms with E-state index in [0.29, 0.717) is 24.3 Å². The van der Waals surface area contributed by atoms with Crippen molar-refractivity contribution >= 4 is 34.4 Å². The van der Waals surface area contributed by atoms with Gasteiger partial charge in [-0.2, -0.15) is 5.10 Å². The van der Waals surface area contributed by atoms with E-state index >= 15 is 4.39 Å². The first-order chi connectivity index (χ1) is 19.5. The number of nitrogens with one attached hydrogen (secondary N) is 1. The molecule has 8 nitrogen and oxygen atoms in total. The van der Waals surface area contributed by atoms with Crippen molar-refractivity contribution in [2.24, 2.45) is 5.10 Å². The molecule has 4 aromatic rings. The summed E-state index contributed by atoms with van der Waals surface area (Å²) >= 11 is 0. The van der Waals surface area contributed by atoms with E-state index in [1.807, 2.05) is 64.1 Å². The van der Waals surface area contributed by atoms with Crippen LogP contribution in [0.25, 0.3) is 10.9 Å². The maximum Gasteiger partial charge on any atom is 0.276 e. The van der Waals surface area contributed by atoms with E-state index in [9.17, 15) is 9.59 Å². The first-order valence-corrected chi connectivity index (χ1v) is 13.4. The Morgan fingerprint density at radius 3 is 2.38 bits per heavy atom. The van der Waals surface area contributed by atoms with Gasteiger partial charge < -0.3 is 19.1 Å². The number of carbonyl (C=O) groups excluding carboxylic acids is 1. The number of methoxy groups -OCH3 is 1. The molecule has 1 amide bonds. The molecular weight excluding hydrogens is 509 g/mol. The lowest BCUT2D eigenvalue weighted by molar-refractivity contribution is 0.0953. The molecular formula is C31H30FN5O3. The van der Waals surface area contributed by atoms with Crippen LogP contribution in [0.15, 0.2) is 82.8 Å². The van der Waals surface area contributed by atoms with Crippen LogP contribution in [0.4, 0.5) is 15.8 Å². The number of aromatic nitrogens is 1. The minimum atomic E-state index is -0.618. The first-order valence-electron chi connectivity index (χ1n) is 13.4. The Hall–Kier alpha value is -4.66. The zero-order chi connectivity index (χ0) is 27.6. The smallest absolute Gasteiger partial charge is 0.276 e. The number of rotatable bonds is 7. The molecule has 9 heteroatoms. The highest BCUT2D eigenvalue weighted by molar-refractivity contribution is 5.98. The first kappa shape index (κ1) is 25.6. The zero-order valence-electron chi connectivity index (χ0n) is 22.2. The predicted octanol–water partition coefficient (Wildman–Crippen LogP) is 4.57. The number of ether oxygens (including phenoxy) is 1. The molecule has 1 aliphatic carbocycles. The van der Waals surface area contributed by atoms with E-state index in [1.54, 1.807) is 19.4 Å². The Morgan fingerprint density at radius 1 is 1.00 bits per heavy atom. The Morgan fingerprint density at radius 2 is 1.70 bits per heavy atom. The maximum atomic E-state index is 15.5. The zero-order valence-corrected chi connectivity index (χ0v) is 22.2. The lowest BCUT2D eigenvalue weighted by Gasteiger charge is -2.37. The number of anilines is 2. The number of pyridine rings is 1. The summed E-state index contributed by atoms with van der Waals surface area (Å²) < 4.78 is 22.7. The van der Waals surface area contributed by atoms with Crippen molar-refractivity contribution in [3.05, 3.63) is 100 Å². The average Bonchev–Trinajstić information content (AvgIpc) is 3.84. The van der Waals surface area contributed by atoms with Crippen LogP contribution in [0.2, 0.25) is 0 Å². The highest BCUT2D eigenvalue weighted by Crippen LogP contribution is 2.38. The molecule has 1 N–H and O–H groups in total. The van der Waals surface area contributed by atoms with Gasteiger partial charge in [0.25, 0.3) is 5.91 Å². The highest BCUT2D eigenvalue weighted by atomic mass is 19.1. The standard InChI is InChI=1S/C31H30FN5O3/c1-40-24-11-9-22(10-12-24)35-13-15-36(16-14-35)29-18-28-25(17-27(29)32)30(38)26(20-37(28)23-7-8-23)31(39)34-33-19-21-5-3-2-4-6-21/h2-6,9-12,17-20,23H,7-8,13-16H2,1H3,(H,34,39)/b33-19-. The van der Waals surface area contributed by atoms with Crippen molar-refractivity contribution in [1.82, 2.24) is 9.99 Å². The number of halogens is 1. The van der Waals surface area contributed by atoms with E-state index in [4.69, 9.17) is 4.74 Å². The van der Waals surface area contributed by atoms with Crippen LogP contribution in [-0.2, 0) is 0 Å². The van der Waals surface area contributed by atoms with Gasteiger partial charge in [-0.15, -0.1) is 0 Å². The topological polar surface area (TPSA) is 79.2 Å². The second-order valence-corrected chi connectivity index (χ2v) is 10.1. The average molecular weight is 540 g/mol. The van der Waals surface area contributed by atoms with Crippen LogP contribution in [0.1, 0.15) is 34.8 Å². The van der Waals surface area contributed by atoms with E-state index in [0.717, 1.165) is 42.9 Å². The summed E-state index contributed by atoms with van der Waals surface area (Å²) in [6.45, 7) is 2.76. The summed E-state index contributed by atoms with van der Waals surface area (Å²) in [6.07, 6.45) is 4.99. The van der Waals surface area contributed by atoms with Crippen LogP contribution in [0.5, 0.6) is 5.75 Å². The van der Waals surface area contributed by atoms with E-state index in [1.165, 1.54) is 12.3 Å². The van der Waals surface area contributed by atoms with Gasteiger partial charge in [0.15, 0.2) is 0 Å². The number of nitrogens with zero attached hydrogens (tertiary/aromatic N) is 4. The SMILES string of the molecule is COc1ccc(N2CCN(c3cc4c(cc3F)c(=O)c(C(=O)N/N=C\c3ccccc3)cn4C3CC3)CC2)cc1. The number of hydrogen-bond donors (Lipinski definition) is 1.